The first-order valence-electron chi connectivity index (χ1n) is 7.31. The van der Waals surface area contributed by atoms with Gasteiger partial charge in [-0.1, -0.05) is 42.2 Å². The lowest BCUT2D eigenvalue weighted by Gasteiger charge is -2.03. The topological polar surface area (TPSA) is 103 Å². The van der Waals surface area contributed by atoms with Crippen LogP contribution in [0.15, 0.2) is 76.9 Å². The molecule has 1 aromatic carbocycles. The first-order chi connectivity index (χ1) is 12.5. The van der Waals surface area contributed by atoms with E-state index in [4.69, 9.17) is 22.4 Å². The number of aromatic carboxylic acids is 2. The second-order valence-electron chi connectivity index (χ2n) is 4.79. The predicted octanol–water partition coefficient (Wildman–Crippen LogP) is 4.37. The lowest BCUT2D eigenvalue weighted by molar-refractivity contribution is 0.0683. The third-order valence-electron chi connectivity index (χ3n) is 3.01. The fourth-order valence-corrected chi connectivity index (χ4v) is 2.94. The summed E-state index contributed by atoms with van der Waals surface area (Å²) in [5.41, 5.74) is 0.369. The fraction of sp³-hybridized carbons (Fsp3) is 0. The van der Waals surface area contributed by atoms with E-state index in [0.717, 1.165) is 4.90 Å². The summed E-state index contributed by atoms with van der Waals surface area (Å²) < 4.78 is 0.259. The summed E-state index contributed by atoms with van der Waals surface area (Å²) in [6, 6.07) is 15.8. The van der Waals surface area contributed by atoms with Gasteiger partial charge < -0.3 is 15.2 Å². The van der Waals surface area contributed by atoms with E-state index in [1.165, 1.54) is 17.8 Å². The van der Waals surface area contributed by atoms with Gasteiger partial charge >= 0.3 is 11.9 Å². The van der Waals surface area contributed by atoms with Gasteiger partial charge in [0, 0.05) is 17.3 Å². The molecule has 132 valence electrons. The van der Waals surface area contributed by atoms with Gasteiger partial charge in [0.05, 0.1) is 11.1 Å². The van der Waals surface area contributed by atoms with Gasteiger partial charge in [0.2, 0.25) is 0 Å². The van der Waals surface area contributed by atoms with E-state index in [0.29, 0.717) is 5.03 Å². The quantitative estimate of drug-likeness (QED) is 0.572. The Labute approximate surface area is 158 Å². The number of carboxylic acids is 2. The normalized spacial score (nSPS) is 9.69. The maximum Gasteiger partial charge on any atom is 0.338 e. The number of hydrogen-bond donors (Lipinski definition) is 3. The third kappa shape index (κ3) is 5.54. The summed E-state index contributed by atoms with van der Waals surface area (Å²) >= 11 is 6.04. The molecule has 2 aromatic heterocycles. The predicted molar refractivity (Wildman–Crippen MR) is 100 cm³/mol. The number of aromatic nitrogens is 2. The number of hydrogen-bond acceptors (Lipinski definition) is 5. The first kappa shape index (κ1) is 19.4. The van der Waals surface area contributed by atoms with Crippen molar-refractivity contribution in [3.05, 3.63) is 82.8 Å². The third-order valence-corrected chi connectivity index (χ3v) is 4.37. The average molecular weight is 386 g/mol. The Morgan fingerprint density at radius 3 is 2.15 bits per heavy atom. The molecule has 3 N–H and O–H groups in total. The second-order valence-corrected chi connectivity index (χ2v) is 6.26. The Balaban J connectivity index is 0.000000209. The molecule has 8 heteroatoms. The molecule has 0 unspecified atom stereocenters. The van der Waals surface area contributed by atoms with Crippen molar-refractivity contribution in [2.45, 2.75) is 9.92 Å². The van der Waals surface area contributed by atoms with Crippen LogP contribution in [0.2, 0.25) is 0 Å². The maximum atomic E-state index is 11.0. The number of nitrogens with zero attached hydrogens (tertiary/aromatic N) is 1. The Kier molecular flexibility index (Phi) is 7.07. The lowest BCUT2D eigenvalue weighted by Crippen LogP contribution is -1.99. The van der Waals surface area contributed by atoms with Gasteiger partial charge in [-0.25, -0.2) is 14.6 Å². The smallest absolute Gasteiger partial charge is 0.338 e. The number of benzene rings is 1. The zero-order valence-corrected chi connectivity index (χ0v) is 15.0. The van der Waals surface area contributed by atoms with Crippen molar-refractivity contribution in [1.29, 1.82) is 0 Å². The highest BCUT2D eigenvalue weighted by Gasteiger charge is 2.11. The minimum absolute atomic E-state index is 0.137. The maximum absolute atomic E-state index is 11.0. The van der Waals surface area contributed by atoms with Crippen molar-refractivity contribution < 1.29 is 19.8 Å². The van der Waals surface area contributed by atoms with Crippen LogP contribution in [0, 0.1) is 4.64 Å². The molecule has 3 aromatic rings. The molecular formula is C18H14N2O4S2. The van der Waals surface area contributed by atoms with Crippen LogP contribution < -0.4 is 0 Å². The van der Waals surface area contributed by atoms with Gasteiger partial charge in [0.25, 0.3) is 0 Å². The number of carboxylic acid groups (broad SMARTS) is 2. The molecule has 6 nitrogen and oxygen atoms in total. The summed E-state index contributed by atoms with van der Waals surface area (Å²) in [7, 11) is 0. The SMILES string of the molecule is O=C(O)c1ccc[nH]c1=S.O=C(O)c1cccnc1Sc1ccccc1. The van der Waals surface area contributed by atoms with Gasteiger partial charge in [-0.15, -0.1) is 0 Å². The average Bonchev–Trinajstić information content (AvgIpc) is 2.63. The Bertz CT molecular complexity index is 958. The molecule has 0 aliphatic rings. The molecule has 0 amide bonds. The van der Waals surface area contributed by atoms with Crippen molar-refractivity contribution >= 4 is 35.9 Å². The molecule has 0 fully saturated rings. The van der Waals surface area contributed by atoms with Crippen LogP contribution in [-0.4, -0.2) is 32.1 Å². The Morgan fingerprint density at radius 2 is 1.58 bits per heavy atom. The van der Waals surface area contributed by atoms with Crippen molar-refractivity contribution in [1.82, 2.24) is 9.97 Å². The number of pyridine rings is 2. The van der Waals surface area contributed by atoms with E-state index in [9.17, 15) is 9.59 Å². The molecule has 0 bridgehead atoms. The monoisotopic (exact) mass is 386 g/mol. The highest BCUT2D eigenvalue weighted by molar-refractivity contribution is 7.99. The number of nitrogens with one attached hydrogen (secondary N) is 1. The van der Waals surface area contributed by atoms with E-state index in [1.807, 2.05) is 30.3 Å². The standard InChI is InChI=1S/C12H9NO2S.C6H5NO2S/c14-12(15)10-7-4-8-13-11(10)16-9-5-2-1-3-6-9;8-6(9)4-2-1-3-7-5(4)10/h1-8H,(H,14,15);1-3H,(H,7,10)(H,8,9). The first-order valence-corrected chi connectivity index (χ1v) is 8.53. The minimum Gasteiger partial charge on any atom is -0.478 e. The van der Waals surface area contributed by atoms with E-state index < -0.39 is 11.9 Å². The van der Waals surface area contributed by atoms with Gasteiger partial charge in [-0.05, 0) is 36.4 Å². The molecule has 0 aliphatic carbocycles. The highest BCUT2D eigenvalue weighted by Crippen LogP contribution is 2.28. The van der Waals surface area contributed by atoms with Crippen molar-refractivity contribution in [2.75, 3.05) is 0 Å². The highest BCUT2D eigenvalue weighted by atomic mass is 32.2. The largest absolute Gasteiger partial charge is 0.478 e. The van der Waals surface area contributed by atoms with Crippen LogP contribution in [0.5, 0.6) is 0 Å². The number of H-pyrrole nitrogens is 1. The summed E-state index contributed by atoms with van der Waals surface area (Å²) in [6.45, 7) is 0. The molecule has 0 saturated carbocycles. The molecule has 0 radical (unpaired) electrons. The van der Waals surface area contributed by atoms with Gasteiger partial charge in [-0.3, -0.25) is 0 Å². The Morgan fingerprint density at radius 1 is 0.923 bits per heavy atom. The zero-order chi connectivity index (χ0) is 18.9. The van der Waals surface area contributed by atoms with Crippen LogP contribution in [-0.2, 0) is 0 Å². The molecular weight excluding hydrogens is 372 g/mol. The Hall–Kier alpha value is -2.97. The summed E-state index contributed by atoms with van der Waals surface area (Å²) in [6.07, 6.45) is 3.19. The number of rotatable bonds is 4. The van der Waals surface area contributed by atoms with Crippen molar-refractivity contribution in [3.8, 4) is 0 Å². The van der Waals surface area contributed by atoms with Crippen LogP contribution in [0.4, 0.5) is 0 Å². The molecule has 0 atom stereocenters. The van der Waals surface area contributed by atoms with Gasteiger partial charge in [0.15, 0.2) is 0 Å². The number of carbonyl (C=O) groups is 2. The zero-order valence-electron chi connectivity index (χ0n) is 13.3. The number of aromatic amines is 1. The summed E-state index contributed by atoms with van der Waals surface area (Å²) in [5, 5.41) is 18.0. The van der Waals surface area contributed by atoms with Crippen LogP contribution in [0.25, 0.3) is 0 Å². The fourth-order valence-electron chi connectivity index (χ4n) is 1.83. The molecule has 2 heterocycles. The van der Waals surface area contributed by atoms with Gasteiger partial charge in [0.1, 0.15) is 9.67 Å². The molecule has 0 spiro atoms. The van der Waals surface area contributed by atoms with Crippen LogP contribution in [0.1, 0.15) is 20.7 Å². The molecule has 3 rings (SSSR count). The van der Waals surface area contributed by atoms with Crippen LogP contribution in [0.3, 0.4) is 0 Å². The minimum atomic E-state index is -0.998. The summed E-state index contributed by atoms with van der Waals surface area (Å²) in [4.78, 5) is 29.0. The molecule has 0 aliphatic heterocycles. The van der Waals surface area contributed by atoms with Crippen molar-refractivity contribution in [2.24, 2.45) is 0 Å². The summed E-state index contributed by atoms with van der Waals surface area (Å²) in [5.74, 6) is -1.95. The van der Waals surface area contributed by atoms with Crippen molar-refractivity contribution in [3.63, 3.8) is 0 Å². The van der Waals surface area contributed by atoms with Gasteiger partial charge in [-0.2, -0.15) is 0 Å². The molecule has 0 saturated heterocycles. The van der Waals surface area contributed by atoms with E-state index in [2.05, 4.69) is 9.97 Å². The lowest BCUT2D eigenvalue weighted by atomic mass is 10.3. The molecule has 26 heavy (non-hydrogen) atoms. The second kappa shape index (κ2) is 9.50. The van der Waals surface area contributed by atoms with E-state index in [1.54, 1.807) is 30.6 Å². The van der Waals surface area contributed by atoms with Crippen LogP contribution >= 0.6 is 24.0 Å². The van der Waals surface area contributed by atoms with E-state index in [-0.39, 0.29) is 15.8 Å². The van der Waals surface area contributed by atoms with E-state index >= 15 is 0 Å².